The van der Waals surface area contributed by atoms with E-state index in [-0.39, 0.29) is 0 Å². The molecule has 1 aromatic carbocycles. The van der Waals surface area contributed by atoms with Crippen LogP contribution in [-0.2, 0) is 0 Å². The molecular weight excluding hydrogens is 215 g/mol. The van der Waals surface area contributed by atoms with E-state index in [1.165, 1.54) is 0 Å². The smallest absolute Gasteiger partial charge is 0.00777 e. The summed E-state index contributed by atoms with van der Waals surface area (Å²) in [6.45, 7) is 3.96. The van der Waals surface area contributed by atoms with E-state index in [0.717, 1.165) is 22.3 Å². The maximum absolute atomic E-state index is 5.62. The SMILES string of the molecule is CC(=CCl)c1ccc(C(C)=CCl)cc1. The fourth-order valence-electron chi connectivity index (χ4n) is 1.12. The summed E-state index contributed by atoms with van der Waals surface area (Å²) >= 11 is 11.2. The van der Waals surface area contributed by atoms with E-state index in [1.807, 2.05) is 38.1 Å². The zero-order valence-corrected chi connectivity index (χ0v) is 9.73. The van der Waals surface area contributed by atoms with E-state index in [1.54, 1.807) is 11.1 Å². The summed E-state index contributed by atoms with van der Waals surface area (Å²) in [5.41, 5.74) is 7.55. The zero-order chi connectivity index (χ0) is 10.6. The maximum Gasteiger partial charge on any atom is 0.00777 e. The van der Waals surface area contributed by atoms with Crippen molar-refractivity contribution in [1.29, 1.82) is 0 Å². The predicted octanol–water partition coefficient (Wildman–Crippen LogP) is 4.89. The molecule has 14 heavy (non-hydrogen) atoms. The highest BCUT2D eigenvalue weighted by Gasteiger charge is 1.97. The molecule has 0 aliphatic carbocycles. The minimum absolute atomic E-state index is 1.06. The van der Waals surface area contributed by atoms with Gasteiger partial charge in [-0.1, -0.05) is 47.5 Å². The quantitative estimate of drug-likeness (QED) is 0.674. The Balaban J connectivity index is 3.01. The number of halogens is 2. The minimum Gasteiger partial charge on any atom is -0.0926 e. The highest BCUT2D eigenvalue weighted by atomic mass is 35.5. The summed E-state index contributed by atoms with van der Waals surface area (Å²) < 4.78 is 0. The molecule has 0 saturated heterocycles. The lowest BCUT2D eigenvalue weighted by atomic mass is 10.0. The van der Waals surface area contributed by atoms with Crippen LogP contribution in [0.15, 0.2) is 35.3 Å². The van der Waals surface area contributed by atoms with Crippen LogP contribution >= 0.6 is 23.2 Å². The topological polar surface area (TPSA) is 0 Å². The fraction of sp³-hybridized carbons (Fsp3) is 0.167. The molecule has 0 aliphatic rings. The maximum atomic E-state index is 5.62. The van der Waals surface area contributed by atoms with Crippen molar-refractivity contribution in [2.75, 3.05) is 0 Å². The van der Waals surface area contributed by atoms with Crippen molar-refractivity contribution >= 4 is 34.3 Å². The molecule has 0 aromatic heterocycles. The highest BCUT2D eigenvalue weighted by Crippen LogP contribution is 2.19. The summed E-state index contributed by atoms with van der Waals surface area (Å²) in [5.74, 6) is 0. The van der Waals surface area contributed by atoms with Gasteiger partial charge in [0.1, 0.15) is 0 Å². The first kappa shape index (κ1) is 11.4. The molecule has 0 spiro atoms. The molecule has 1 rings (SSSR count). The van der Waals surface area contributed by atoms with Crippen LogP contribution in [0.4, 0.5) is 0 Å². The third kappa shape index (κ3) is 2.63. The Morgan fingerprint density at radius 3 is 1.36 bits per heavy atom. The second-order valence-electron chi connectivity index (χ2n) is 3.16. The van der Waals surface area contributed by atoms with Crippen molar-refractivity contribution in [1.82, 2.24) is 0 Å². The Kier molecular flexibility index (Phi) is 4.24. The number of hydrogen-bond acceptors (Lipinski definition) is 0. The first-order valence-corrected chi connectivity index (χ1v) is 5.21. The first-order chi connectivity index (χ1) is 6.69. The molecule has 0 aliphatic heterocycles. The van der Waals surface area contributed by atoms with Crippen LogP contribution in [-0.4, -0.2) is 0 Å². The van der Waals surface area contributed by atoms with Gasteiger partial charge in [-0.25, -0.2) is 0 Å². The van der Waals surface area contributed by atoms with E-state index in [0.29, 0.717) is 0 Å². The molecule has 0 saturated carbocycles. The van der Waals surface area contributed by atoms with Crippen LogP contribution in [0.5, 0.6) is 0 Å². The average molecular weight is 227 g/mol. The lowest BCUT2D eigenvalue weighted by Gasteiger charge is -2.03. The van der Waals surface area contributed by atoms with Crippen LogP contribution in [0, 0.1) is 0 Å². The van der Waals surface area contributed by atoms with Crippen molar-refractivity contribution in [2.45, 2.75) is 13.8 Å². The van der Waals surface area contributed by atoms with Gasteiger partial charge in [-0.3, -0.25) is 0 Å². The van der Waals surface area contributed by atoms with Crippen LogP contribution in [0.25, 0.3) is 11.1 Å². The van der Waals surface area contributed by atoms with E-state index in [9.17, 15) is 0 Å². The van der Waals surface area contributed by atoms with Gasteiger partial charge in [0.25, 0.3) is 0 Å². The Hall–Kier alpha value is -0.720. The zero-order valence-electron chi connectivity index (χ0n) is 8.22. The summed E-state index contributed by atoms with van der Waals surface area (Å²) in [5, 5.41) is 0. The Bertz CT molecular complexity index is 321. The molecule has 0 bridgehead atoms. The van der Waals surface area contributed by atoms with Crippen LogP contribution in [0.1, 0.15) is 25.0 Å². The Morgan fingerprint density at radius 1 is 0.857 bits per heavy atom. The van der Waals surface area contributed by atoms with E-state index in [4.69, 9.17) is 23.2 Å². The van der Waals surface area contributed by atoms with Gasteiger partial charge < -0.3 is 0 Å². The molecule has 0 N–H and O–H groups in total. The van der Waals surface area contributed by atoms with Crippen LogP contribution in [0.3, 0.4) is 0 Å². The normalized spacial score (nSPS) is 13.1. The molecule has 2 heteroatoms. The van der Waals surface area contributed by atoms with Gasteiger partial charge in [0.15, 0.2) is 0 Å². The van der Waals surface area contributed by atoms with Gasteiger partial charge in [0.05, 0.1) is 0 Å². The Labute approximate surface area is 94.8 Å². The van der Waals surface area contributed by atoms with Crippen molar-refractivity contribution < 1.29 is 0 Å². The molecular formula is C12H12Cl2. The van der Waals surface area contributed by atoms with Gasteiger partial charge >= 0.3 is 0 Å². The molecule has 0 unspecified atom stereocenters. The van der Waals surface area contributed by atoms with E-state index < -0.39 is 0 Å². The molecule has 1 aromatic rings. The fourth-order valence-corrected chi connectivity index (χ4v) is 1.37. The number of rotatable bonds is 2. The van der Waals surface area contributed by atoms with Gasteiger partial charge in [-0.2, -0.15) is 0 Å². The molecule has 0 nitrogen and oxygen atoms in total. The summed E-state index contributed by atoms with van der Waals surface area (Å²) in [7, 11) is 0. The minimum atomic E-state index is 1.06. The summed E-state index contributed by atoms with van der Waals surface area (Å²) in [6, 6.07) is 8.14. The molecule has 74 valence electrons. The van der Waals surface area contributed by atoms with Crippen molar-refractivity contribution in [2.24, 2.45) is 0 Å². The summed E-state index contributed by atoms with van der Waals surface area (Å²) in [4.78, 5) is 0. The van der Waals surface area contributed by atoms with Crippen molar-refractivity contribution in [3.8, 4) is 0 Å². The van der Waals surface area contributed by atoms with Crippen molar-refractivity contribution in [3.63, 3.8) is 0 Å². The van der Waals surface area contributed by atoms with E-state index in [2.05, 4.69) is 0 Å². The lowest BCUT2D eigenvalue weighted by molar-refractivity contribution is 1.52. The largest absolute Gasteiger partial charge is 0.0926 e. The van der Waals surface area contributed by atoms with Gasteiger partial charge in [0.2, 0.25) is 0 Å². The number of hydrogen-bond donors (Lipinski definition) is 0. The molecule has 0 radical (unpaired) electrons. The third-order valence-electron chi connectivity index (χ3n) is 2.12. The number of allylic oxidation sites excluding steroid dienone is 2. The summed E-state index contributed by atoms with van der Waals surface area (Å²) in [6.07, 6.45) is 0. The average Bonchev–Trinajstić information content (AvgIpc) is 2.27. The second-order valence-corrected chi connectivity index (χ2v) is 3.60. The first-order valence-electron chi connectivity index (χ1n) is 4.34. The molecule has 0 atom stereocenters. The van der Waals surface area contributed by atoms with Gasteiger partial charge in [-0.15, -0.1) is 0 Å². The molecule has 0 amide bonds. The molecule has 0 heterocycles. The Morgan fingerprint density at radius 2 is 1.14 bits per heavy atom. The van der Waals surface area contributed by atoms with Crippen LogP contribution < -0.4 is 0 Å². The lowest BCUT2D eigenvalue weighted by Crippen LogP contribution is -1.81. The third-order valence-corrected chi connectivity index (χ3v) is 2.78. The number of benzene rings is 1. The van der Waals surface area contributed by atoms with Crippen LogP contribution in [0.2, 0.25) is 0 Å². The standard InChI is InChI=1S/C12H12Cl2/c1-9(7-13)11-3-5-12(6-4-11)10(2)8-14/h3-8H,1-2H3. The highest BCUT2D eigenvalue weighted by molar-refractivity contribution is 6.28. The van der Waals surface area contributed by atoms with Gasteiger partial charge in [-0.05, 0) is 36.1 Å². The van der Waals surface area contributed by atoms with E-state index >= 15 is 0 Å². The second kappa shape index (κ2) is 5.23. The van der Waals surface area contributed by atoms with Crippen molar-refractivity contribution in [3.05, 3.63) is 46.5 Å². The monoisotopic (exact) mass is 226 g/mol. The molecule has 0 fully saturated rings. The van der Waals surface area contributed by atoms with Gasteiger partial charge in [0, 0.05) is 11.1 Å². The predicted molar refractivity (Wildman–Crippen MR) is 65.5 cm³/mol.